The Balaban J connectivity index is 1.98. The standard InChI is InChI=1S/C20H24F2N2O3/c1-4-23-20(25)12-27-18-8-5-14(9-19(18)26-3)11-24-13(2)15-6-7-16(21)17(22)10-15/h5-10,13,24H,4,11-12H2,1-3H3,(H,23,25). The van der Waals surface area contributed by atoms with E-state index in [0.717, 1.165) is 11.6 Å². The SMILES string of the molecule is CCNC(=O)COc1ccc(CNC(C)c2ccc(F)c(F)c2)cc1OC. The molecule has 0 saturated carbocycles. The molecule has 2 N–H and O–H groups in total. The van der Waals surface area contributed by atoms with Crippen LogP contribution < -0.4 is 20.1 Å². The van der Waals surface area contributed by atoms with Gasteiger partial charge in [0, 0.05) is 19.1 Å². The fourth-order valence-electron chi connectivity index (χ4n) is 2.50. The van der Waals surface area contributed by atoms with Gasteiger partial charge in [0.05, 0.1) is 7.11 Å². The molecule has 2 rings (SSSR count). The molecule has 0 heterocycles. The molecule has 7 heteroatoms. The summed E-state index contributed by atoms with van der Waals surface area (Å²) >= 11 is 0. The zero-order valence-corrected chi connectivity index (χ0v) is 15.6. The van der Waals surface area contributed by atoms with Crippen LogP contribution in [0.2, 0.25) is 0 Å². The van der Waals surface area contributed by atoms with Gasteiger partial charge in [-0.3, -0.25) is 4.79 Å². The van der Waals surface area contributed by atoms with Gasteiger partial charge in [-0.1, -0.05) is 12.1 Å². The van der Waals surface area contributed by atoms with E-state index in [1.807, 2.05) is 19.9 Å². The highest BCUT2D eigenvalue weighted by molar-refractivity contribution is 5.77. The minimum Gasteiger partial charge on any atom is -0.493 e. The number of halogens is 2. The third-order valence-electron chi connectivity index (χ3n) is 4.02. The molecule has 0 aliphatic heterocycles. The van der Waals surface area contributed by atoms with Crippen molar-refractivity contribution in [3.8, 4) is 11.5 Å². The molecule has 1 atom stereocenters. The molecular formula is C20H24F2N2O3. The van der Waals surface area contributed by atoms with E-state index in [1.54, 1.807) is 18.2 Å². The van der Waals surface area contributed by atoms with Gasteiger partial charge in [-0.25, -0.2) is 8.78 Å². The maximum atomic E-state index is 13.4. The summed E-state index contributed by atoms with van der Waals surface area (Å²) in [6.45, 7) is 4.65. The molecule has 0 bridgehead atoms. The van der Waals surface area contributed by atoms with E-state index in [4.69, 9.17) is 9.47 Å². The van der Waals surface area contributed by atoms with E-state index in [2.05, 4.69) is 10.6 Å². The monoisotopic (exact) mass is 378 g/mol. The molecule has 1 amide bonds. The highest BCUT2D eigenvalue weighted by Gasteiger charge is 2.11. The van der Waals surface area contributed by atoms with Crippen LogP contribution in [0.4, 0.5) is 8.78 Å². The molecule has 0 aliphatic rings. The largest absolute Gasteiger partial charge is 0.493 e. The Morgan fingerprint density at radius 2 is 1.89 bits per heavy atom. The van der Waals surface area contributed by atoms with Crippen LogP contribution in [0.3, 0.4) is 0 Å². The Morgan fingerprint density at radius 1 is 1.11 bits per heavy atom. The van der Waals surface area contributed by atoms with Gasteiger partial charge in [0.25, 0.3) is 5.91 Å². The second kappa shape index (κ2) is 9.87. The first-order chi connectivity index (χ1) is 12.9. The number of carbonyl (C=O) groups is 1. The van der Waals surface area contributed by atoms with Crippen molar-refractivity contribution in [1.82, 2.24) is 10.6 Å². The van der Waals surface area contributed by atoms with E-state index < -0.39 is 11.6 Å². The molecular weight excluding hydrogens is 354 g/mol. The zero-order valence-electron chi connectivity index (χ0n) is 15.6. The van der Waals surface area contributed by atoms with Crippen molar-refractivity contribution >= 4 is 5.91 Å². The van der Waals surface area contributed by atoms with Crippen molar-refractivity contribution in [3.05, 3.63) is 59.2 Å². The van der Waals surface area contributed by atoms with Crippen molar-refractivity contribution in [2.45, 2.75) is 26.4 Å². The van der Waals surface area contributed by atoms with Crippen molar-refractivity contribution in [2.24, 2.45) is 0 Å². The van der Waals surface area contributed by atoms with E-state index in [1.165, 1.54) is 13.2 Å². The number of hydrogen-bond acceptors (Lipinski definition) is 4. The molecule has 1 unspecified atom stereocenters. The van der Waals surface area contributed by atoms with Gasteiger partial charge in [-0.2, -0.15) is 0 Å². The summed E-state index contributed by atoms with van der Waals surface area (Å²) in [6, 6.07) is 9.07. The first kappa shape index (κ1) is 20.6. The van der Waals surface area contributed by atoms with E-state index in [-0.39, 0.29) is 18.6 Å². The Morgan fingerprint density at radius 3 is 2.56 bits per heavy atom. The molecule has 2 aromatic rings. The number of hydrogen-bond donors (Lipinski definition) is 2. The highest BCUT2D eigenvalue weighted by atomic mass is 19.2. The average Bonchev–Trinajstić information content (AvgIpc) is 2.67. The topological polar surface area (TPSA) is 59.6 Å². The lowest BCUT2D eigenvalue weighted by molar-refractivity contribution is -0.123. The van der Waals surface area contributed by atoms with Crippen molar-refractivity contribution in [3.63, 3.8) is 0 Å². The lowest BCUT2D eigenvalue weighted by Gasteiger charge is -2.16. The summed E-state index contributed by atoms with van der Waals surface area (Å²) in [6.07, 6.45) is 0. The van der Waals surface area contributed by atoms with Crippen LogP contribution in [0.25, 0.3) is 0 Å². The maximum Gasteiger partial charge on any atom is 0.257 e. The fourth-order valence-corrected chi connectivity index (χ4v) is 2.50. The van der Waals surface area contributed by atoms with Crippen LogP contribution in [0.1, 0.15) is 31.0 Å². The molecule has 2 aromatic carbocycles. The second-order valence-corrected chi connectivity index (χ2v) is 6.00. The highest BCUT2D eigenvalue weighted by Crippen LogP contribution is 2.28. The molecule has 27 heavy (non-hydrogen) atoms. The number of methoxy groups -OCH3 is 1. The van der Waals surface area contributed by atoms with Crippen molar-refractivity contribution in [1.29, 1.82) is 0 Å². The number of nitrogens with one attached hydrogen (secondary N) is 2. The number of ether oxygens (including phenoxy) is 2. The maximum absolute atomic E-state index is 13.4. The second-order valence-electron chi connectivity index (χ2n) is 6.00. The van der Waals surface area contributed by atoms with Gasteiger partial charge in [-0.05, 0) is 49.2 Å². The molecule has 5 nitrogen and oxygen atoms in total. The van der Waals surface area contributed by atoms with E-state index in [9.17, 15) is 13.6 Å². The summed E-state index contributed by atoms with van der Waals surface area (Å²) in [5, 5.41) is 5.91. The molecule has 0 saturated heterocycles. The molecule has 0 spiro atoms. The van der Waals surface area contributed by atoms with Gasteiger partial charge < -0.3 is 20.1 Å². The molecule has 0 aromatic heterocycles. The quantitative estimate of drug-likeness (QED) is 0.703. The number of rotatable bonds is 9. The van der Waals surface area contributed by atoms with E-state index >= 15 is 0 Å². The smallest absolute Gasteiger partial charge is 0.257 e. The molecule has 146 valence electrons. The summed E-state index contributed by atoms with van der Waals surface area (Å²) in [4.78, 5) is 11.5. The predicted molar refractivity (Wildman–Crippen MR) is 98.8 cm³/mol. The van der Waals surface area contributed by atoms with Crippen LogP contribution >= 0.6 is 0 Å². The Labute approximate surface area is 157 Å². The van der Waals surface area contributed by atoms with Crippen LogP contribution in [-0.4, -0.2) is 26.2 Å². The van der Waals surface area contributed by atoms with Crippen LogP contribution in [0.5, 0.6) is 11.5 Å². The van der Waals surface area contributed by atoms with E-state index in [0.29, 0.717) is 30.2 Å². The van der Waals surface area contributed by atoms with Crippen molar-refractivity contribution < 1.29 is 23.0 Å². The third-order valence-corrected chi connectivity index (χ3v) is 4.02. The zero-order chi connectivity index (χ0) is 19.8. The van der Waals surface area contributed by atoms with Gasteiger partial charge in [0.1, 0.15) is 0 Å². The third kappa shape index (κ3) is 5.92. The number of likely N-dealkylation sites (N-methyl/N-ethyl adjacent to an activating group) is 1. The van der Waals surface area contributed by atoms with Gasteiger partial charge in [-0.15, -0.1) is 0 Å². The van der Waals surface area contributed by atoms with Crippen LogP contribution in [-0.2, 0) is 11.3 Å². The predicted octanol–water partition coefficient (Wildman–Crippen LogP) is 3.34. The van der Waals surface area contributed by atoms with Crippen LogP contribution in [0.15, 0.2) is 36.4 Å². The normalized spacial score (nSPS) is 11.7. The average molecular weight is 378 g/mol. The summed E-state index contributed by atoms with van der Waals surface area (Å²) in [5.41, 5.74) is 1.58. The number of amides is 1. The van der Waals surface area contributed by atoms with Gasteiger partial charge in [0.2, 0.25) is 0 Å². The Hall–Kier alpha value is -2.67. The van der Waals surface area contributed by atoms with Crippen molar-refractivity contribution in [2.75, 3.05) is 20.3 Å². The lowest BCUT2D eigenvalue weighted by atomic mass is 10.1. The number of carbonyl (C=O) groups excluding carboxylic acids is 1. The minimum atomic E-state index is -0.864. The summed E-state index contributed by atoms with van der Waals surface area (Å²) in [5.74, 6) is -0.943. The van der Waals surface area contributed by atoms with Gasteiger partial charge >= 0.3 is 0 Å². The molecule has 0 fully saturated rings. The van der Waals surface area contributed by atoms with Gasteiger partial charge in [0.15, 0.2) is 29.7 Å². The summed E-state index contributed by atoms with van der Waals surface area (Å²) in [7, 11) is 1.52. The molecule has 0 radical (unpaired) electrons. The number of benzene rings is 2. The lowest BCUT2D eigenvalue weighted by Crippen LogP contribution is -2.28. The fraction of sp³-hybridized carbons (Fsp3) is 0.350. The van der Waals surface area contributed by atoms with Crippen LogP contribution in [0, 0.1) is 11.6 Å². The summed E-state index contributed by atoms with van der Waals surface area (Å²) < 4.78 is 37.2. The Kier molecular flexibility index (Phi) is 7.55. The Bertz CT molecular complexity index is 784. The minimum absolute atomic E-state index is 0.0883. The molecule has 0 aliphatic carbocycles. The first-order valence-corrected chi connectivity index (χ1v) is 8.69. The first-order valence-electron chi connectivity index (χ1n) is 8.69.